The van der Waals surface area contributed by atoms with Gasteiger partial charge in [0.1, 0.15) is 11.2 Å². The molecule has 312 valence electrons. The Morgan fingerprint density at radius 2 is 0.866 bits per heavy atom. The van der Waals surface area contributed by atoms with Crippen LogP contribution in [0.5, 0.6) is 0 Å². The van der Waals surface area contributed by atoms with Gasteiger partial charge in [0.05, 0.1) is 45.1 Å². The van der Waals surface area contributed by atoms with E-state index >= 15 is 0 Å². The largest absolute Gasteiger partial charge is 0.456 e. The predicted octanol–water partition coefficient (Wildman–Crippen LogP) is 16.9. The first-order valence-corrected chi connectivity index (χ1v) is 23.3. The van der Waals surface area contributed by atoms with Gasteiger partial charge in [0.15, 0.2) is 0 Å². The highest BCUT2D eigenvalue weighted by Gasteiger charge is 2.28. The van der Waals surface area contributed by atoms with E-state index in [1.807, 2.05) is 36.0 Å². The smallest absolute Gasteiger partial charge is 0.135 e. The third kappa shape index (κ3) is 5.82. The highest BCUT2D eigenvalue weighted by molar-refractivity contribution is 7.99. The van der Waals surface area contributed by atoms with Crippen LogP contribution in [0.1, 0.15) is 5.56 Å². The molecule has 0 spiro atoms. The average molecular weight is 873 g/mol. The number of anilines is 3. The van der Waals surface area contributed by atoms with Crippen LogP contribution in [0.15, 0.2) is 233 Å². The van der Waals surface area contributed by atoms with Crippen LogP contribution in [0.3, 0.4) is 0 Å². The molecule has 67 heavy (non-hydrogen) atoms. The second kappa shape index (κ2) is 14.6. The minimum atomic E-state index is 0.651. The highest BCUT2D eigenvalue weighted by atomic mass is 32.2. The predicted molar refractivity (Wildman–Crippen MR) is 277 cm³/mol. The summed E-state index contributed by atoms with van der Waals surface area (Å²) in [6.07, 6.45) is 0. The summed E-state index contributed by atoms with van der Waals surface area (Å²) < 4.78 is 11.1. The second-order valence-corrected chi connectivity index (χ2v) is 18.3. The third-order valence-corrected chi connectivity index (χ3v) is 14.6. The number of hydrogen-bond acceptors (Lipinski definition) is 4. The SMILES string of the molecule is N#Cc1ccc2c(c1)c1ccccc1n2-c1ccc2c(c1)Sc1cc(-n3c4ccc(-c5ccccc5)cc4c4cc(-c5ccccc5)ccc43)ccc1N2c1ccc2oc3ccccc3c2c1. The molecule has 0 saturated carbocycles. The van der Waals surface area contributed by atoms with Gasteiger partial charge in [-0.15, -0.1) is 0 Å². The summed E-state index contributed by atoms with van der Waals surface area (Å²) >= 11 is 1.81. The number of fused-ring (bicyclic) bond motifs is 11. The Morgan fingerprint density at radius 3 is 1.49 bits per heavy atom. The van der Waals surface area contributed by atoms with Crippen molar-refractivity contribution in [2.24, 2.45) is 0 Å². The first kappa shape index (κ1) is 37.6. The number of rotatable bonds is 5. The summed E-state index contributed by atoms with van der Waals surface area (Å²) in [5.41, 5.74) is 17.1. The maximum absolute atomic E-state index is 9.84. The Hall–Kier alpha value is -8.76. The third-order valence-electron chi connectivity index (χ3n) is 13.5. The van der Waals surface area contributed by atoms with Gasteiger partial charge in [-0.05, 0) is 131 Å². The minimum Gasteiger partial charge on any atom is -0.456 e. The van der Waals surface area contributed by atoms with E-state index in [1.54, 1.807) is 0 Å². The van der Waals surface area contributed by atoms with Crippen molar-refractivity contribution < 1.29 is 4.42 Å². The van der Waals surface area contributed by atoms with Crippen LogP contribution >= 0.6 is 11.8 Å². The molecule has 0 unspecified atom stereocenters. The molecule has 0 bridgehead atoms. The van der Waals surface area contributed by atoms with Gasteiger partial charge in [-0.1, -0.05) is 121 Å². The molecule has 0 N–H and O–H groups in total. The van der Waals surface area contributed by atoms with Crippen molar-refractivity contribution in [3.8, 4) is 39.7 Å². The molecule has 13 aromatic rings. The summed E-state index contributed by atoms with van der Waals surface area (Å²) in [4.78, 5) is 4.70. The molecule has 0 aliphatic carbocycles. The van der Waals surface area contributed by atoms with Crippen LogP contribution in [0.2, 0.25) is 0 Å². The van der Waals surface area contributed by atoms with E-state index in [2.05, 4.69) is 214 Å². The van der Waals surface area contributed by atoms with Gasteiger partial charge in [-0.25, -0.2) is 0 Å². The van der Waals surface area contributed by atoms with Crippen LogP contribution in [-0.4, -0.2) is 9.13 Å². The Morgan fingerprint density at radius 1 is 0.358 bits per heavy atom. The first-order valence-electron chi connectivity index (χ1n) is 22.5. The standard InChI is InChI=1S/C61H36N4OS/c62-37-38-19-25-53-48(31-38)46-15-7-9-17-52(46)63(53)44-22-28-56-60(35-44)67-61-36-45(23-29-57(61)65(56)43-24-30-59-51(34-43)47-16-8-10-18-58(47)66-59)64-54-26-20-41(39-11-3-1-4-12-39)32-49(54)50-33-42(21-27-55(50)64)40-13-5-2-6-14-40/h1-36H. The van der Waals surface area contributed by atoms with Crippen molar-refractivity contribution in [3.63, 3.8) is 0 Å². The monoisotopic (exact) mass is 872 g/mol. The lowest BCUT2D eigenvalue weighted by atomic mass is 10.0. The molecule has 10 aromatic carbocycles. The van der Waals surface area contributed by atoms with E-state index in [1.165, 1.54) is 33.0 Å². The molecule has 0 amide bonds. The molecule has 0 fully saturated rings. The number of benzene rings is 10. The molecule has 6 heteroatoms. The van der Waals surface area contributed by atoms with Gasteiger partial charge in [-0.3, -0.25) is 0 Å². The van der Waals surface area contributed by atoms with Gasteiger partial charge in [-0.2, -0.15) is 5.26 Å². The molecule has 0 atom stereocenters. The average Bonchev–Trinajstić information content (AvgIpc) is 4.05. The zero-order chi connectivity index (χ0) is 44.2. The van der Waals surface area contributed by atoms with E-state index < -0.39 is 0 Å². The fourth-order valence-corrected chi connectivity index (χ4v) is 11.6. The second-order valence-electron chi connectivity index (χ2n) is 17.2. The molecule has 4 heterocycles. The van der Waals surface area contributed by atoms with E-state index in [0.717, 1.165) is 93.0 Å². The summed E-state index contributed by atoms with van der Waals surface area (Å²) in [5.74, 6) is 0. The van der Waals surface area contributed by atoms with E-state index in [4.69, 9.17) is 4.42 Å². The molecule has 5 nitrogen and oxygen atoms in total. The summed E-state index contributed by atoms with van der Waals surface area (Å²) in [5, 5.41) is 16.6. The Kier molecular flexibility index (Phi) is 8.21. The van der Waals surface area contributed by atoms with Gasteiger partial charge in [0, 0.05) is 59.2 Å². The van der Waals surface area contributed by atoms with Crippen LogP contribution in [0, 0.1) is 11.3 Å². The van der Waals surface area contributed by atoms with Crippen molar-refractivity contribution in [1.82, 2.24) is 9.13 Å². The van der Waals surface area contributed by atoms with Crippen LogP contribution in [-0.2, 0) is 0 Å². The molecule has 1 aliphatic rings. The van der Waals surface area contributed by atoms with Crippen molar-refractivity contribution >= 4 is 94.4 Å². The fourth-order valence-electron chi connectivity index (χ4n) is 10.4. The van der Waals surface area contributed by atoms with Crippen LogP contribution < -0.4 is 4.90 Å². The number of para-hydroxylation sites is 2. The number of furan rings is 1. The summed E-state index contributed by atoms with van der Waals surface area (Å²) in [7, 11) is 0. The number of aromatic nitrogens is 2. The van der Waals surface area contributed by atoms with Gasteiger partial charge >= 0.3 is 0 Å². The maximum atomic E-state index is 9.84. The lowest BCUT2D eigenvalue weighted by Gasteiger charge is -2.33. The zero-order valence-electron chi connectivity index (χ0n) is 35.9. The van der Waals surface area contributed by atoms with E-state index in [0.29, 0.717) is 5.56 Å². The van der Waals surface area contributed by atoms with Gasteiger partial charge in [0.2, 0.25) is 0 Å². The van der Waals surface area contributed by atoms with Crippen molar-refractivity contribution in [3.05, 3.63) is 224 Å². The maximum Gasteiger partial charge on any atom is 0.135 e. The Balaban J connectivity index is 0.980. The number of nitrogens with zero attached hydrogens (tertiary/aromatic N) is 4. The highest BCUT2D eigenvalue weighted by Crippen LogP contribution is 2.54. The van der Waals surface area contributed by atoms with Crippen molar-refractivity contribution in [2.75, 3.05) is 4.90 Å². The molecule has 14 rings (SSSR count). The molecular weight excluding hydrogens is 837 g/mol. The van der Waals surface area contributed by atoms with E-state index in [9.17, 15) is 5.26 Å². The molecule has 0 saturated heterocycles. The number of hydrogen-bond donors (Lipinski definition) is 0. The Labute approximate surface area is 389 Å². The van der Waals surface area contributed by atoms with E-state index in [-0.39, 0.29) is 0 Å². The lowest BCUT2D eigenvalue weighted by molar-refractivity contribution is 0.669. The quantitative estimate of drug-likeness (QED) is 0.173. The minimum absolute atomic E-state index is 0.651. The molecule has 0 radical (unpaired) electrons. The normalized spacial score (nSPS) is 12.4. The first-order chi connectivity index (χ1) is 33.1. The molecule has 1 aliphatic heterocycles. The Bertz CT molecular complexity index is 4120. The summed E-state index contributed by atoms with van der Waals surface area (Å²) in [6, 6.07) is 80.5. The topological polar surface area (TPSA) is 50.0 Å². The fraction of sp³-hybridized carbons (Fsp3) is 0. The van der Waals surface area contributed by atoms with Crippen LogP contribution in [0.25, 0.3) is 99.2 Å². The van der Waals surface area contributed by atoms with Gasteiger partial charge in [0.25, 0.3) is 0 Å². The van der Waals surface area contributed by atoms with Crippen LogP contribution in [0.4, 0.5) is 17.1 Å². The van der Waals surface area contributed by atoms with Crippen molar-refractivity contribution in [2.45, 2.75) is 9.79 Å². The van der Waals surface area contributed by atoms with Gasteiger partial charge < -0.3 is 18.5 Å². The molecule has 3 aromatic heterocycles. The van der Waals surface area contributed by atoms with Crippen molar-refractivity contribution in [1.29, 1.82) is 5.26 Å². The number of nitriles is 1. The molecular formula is C61H36N4OS. The zero-order valence-corrected chi connectivity index (χ0v) is 36.7. The lowest BCUT2D eigenvalue weighted by Crippen LogP contribution is -2.15. The summed E-state index contributed by atoms with van der Waals surface area (Å²) in [6.45, 7) is 0.